The van der Waals surface area contributed by atoms with Gasteiger partial charge in [0.1, 0.15) is 0 Å². The van der Waals surface area contributed by atoms with Crippen molar-refractivity contribution >= 4 is 23.0 Å². The largest absolute Gasteiger partial charge is 0.503 e. The summed E-state index contributed by atoms with van der Waals surface area (Å²) in [6.07, 6.45) is 0.603. The lowest BCUT2D eigenvalue weighted by Crippen LogP contribution is -2.32. The molecule has 0 fully saturated rings. The van der Waals surface area contributed by atoms with Crippen molar-refractivity contribution in [2.24, 2.45) is 0 Å². The molecule has 7 heteroatoms. The van der Waals surface area contributed by atoms with Crippen molar-refractivity contribution in [3.05, 3.63) is 62.3 Å². The van der Waals surface area contributed by atoms with E-state index < -0.39 is 17.7 Å². The fourth-order valence-electron chi connectivity index (χ4n) is 3.87. The average Bonchev–Trinajstić information content (AvgIpc) is 3.17. The van der Waals surface area contributed by atoms with E-state index in [9.17, 15) is 14.7 Å². The molecule has 2 heterocycles. The van der Waals surface area contributed by atoms with E-state index >= 15 is 0 Å². The van der Waals surface area contributed by atoms with Crippen LogP contribution in [0.1, 0.15) is 64.7 Å². The Morgan fingerprint density at radius 3 is 2.39 bits per heavy atom. The fraction of sp³-hybridized carbons (Fsp3) is 0.458. The third-order valence-corrected chi connectivity index (χ3v) is 6.57. The van der Waals surface area contributed by atoms with Crippen molar-refractivity contribution in [1.82, 2.24) is 9.88 Å². The summed E-state index contributed by atoms with van der Waals surface area (Å²) in [6.45, 7) is 10.9. The number of methoxy groups -OCH3 is 1. The first kappa shape index (κ1) is 23.2. The Bertz CT molecular complexity index is 1020. The first-order valence-corrected chi connectivity index (χ1v) is 11.2. The zero-order valence-corrected chi connectivity index (χ0v) is 19.8. The summed E-state index contributed by atoms with van der Waals surface area (Å²) in [5.74, 6) is -1.34. The molecule has 1 N–H and O–H groups in total. The first-order chi connectivity index (χ1) is 14.6. The molecule has 0 spiro atoms. The van der Waals surface area contributed by atoms with Gasteiger partial charge in [-0.2, -0.15) is 0 Å². The molecule has 0 saturated carbocycles. The summed E-state index contributed by atoms with van der Waals surface area (Å²) in [5.41, 5.74) is 2.67. The second-order valence-electron chi connectivity index (χ2n) is 8.86. The minimum Gasteiger partial charge on any atom is -0.503 e. The normalized spacial score (nSPS) is 17.0. The lowest BCUT2D eigenvalue weighted by atomic mass is 9.85. The summed E-state index contributed by atoms with van der Waals surface area (Å²) < 4.78 is 5.13. The number of Topliss-reactive ketones (excluding diaryl/α,β-unsaturated/α-hetero) is 1. The molecule has 1 amide bonds. The number of aromatic nitrogens is 1. The molecule has 1 unspecified atom stereocenters. The predicted octanol–water partition coefficient (Wildman–Crippen LogP) is 4.67. The van der Waals surface area contributed by atoms with Gasteiger partial charge in [-0.15, -0.1) is 11.3 Å². The number of ketones is 1. The van der Waals surface area contributed by atoms with Gasteiger partial charge in [-0.3, -0.25) is 9.59 Å². The molecule has 1 aliphatic rings. The van der Waals surface area contributed by atoms with Crippen LogP contribution in [-0.2, 0) is 14.9 Å². The van der Waals surface area contributed by atoms with Crippen molar-refractivity contribution in [3.8, 4) is 0 Å². The molecule has 31 heavy (non-hydrogen) atoms. The molecule has 2 aromatic rings. The molecule has 1 aromatic carbocycles. The number of nitrogens with zero attached hydrogens (tertiary/aromatic N) is 2. The molecule has 1 atom stereocenters. The Labute approximate surface area is 187 Å². The Balaban J connectivity index is 2.06. The highest BCUT2D eigenvalue weighted by Gasteiger charge is 2.44. The predicted molar refractivity (Wildman–Crippen MR) is 122 cm³/mol. The van der Waals surface area contributed by atoms with Crippen LogP contribution in [0.5, 0.6) is 0 Å². The highest BCUT2D eigenvalue weighted by atomic mass is 32.1. The van der Waals surface area contributed by atoms with Gasteiger partial charge in [0, 0.05) is 20.3 Å². The molecule has 0 aliphatic carbocycles. The van der Waals surface area contributed by atoms with Crippen molar-refractivity contribution in [1.29, 1.82) is 0 Å². The van der Waals surface area contributed by atoms with Crippen molar-refractivity contribution in [2.45, 2.75) is 52.5 Å². The van der Waals surface area contributed by atoms with Gasteiger partial charge in [0.15, 0.2) is 5.76 Å². The summed E-state index contributed by atoms with van der Waals surface area (Å²) >= 11 is 1.28. The Kier molecular flexibility index (Phi) is 6.67. The molecular formula is C24H30N2O4S. The third kappa shape index (κ3) is 4.57. The topological polar surface area (TPSA) is 79.7 Å². The first-order valence-electron chi connectivity index (χ1n) is 10.4. The van der Waals surface area contributed by atoms with Crippen LogP contribution < -0.4 is 0 Å². The van der Waals surface area contributed by atoms with Gasteiger partial charge in [0.25, 0.3) is 5.91 Å². The fourth-order valence-corrected chi connectivity index (χ4v) is 4.75. The van der Waals surface area contributed by atoms with E-state index in [1.54, 1.807) is 18.9 Å². The number of benzene rings is 1. The zero-order chi connectivity index (χ0) is 22.9. The standard InChI is InChI=1S/C24H30N2O4S/c1-14-22(31-15(2)25-14)20(27)18-19(16-8-10-17(11-9-16)24(3,4)5)26(12-7-13-30-6)23(29)21(18)28/h8-11,19,28H,7,12-13H2,1-6H3. The van der Waals surface area contributed by atoms with E-state index in [1.807, 2.05) is 31.2 Å². The highest BCUT2D eigenvalue weighted by molar-refractivity contribution is 7.14. The monoisotopic (exact) mass is 442 g/mol. The molecule has 3 rings (SSSR count). The Hall–Kier alpha value is -2.51. The van der Waals surface area contributed by atoms with Crippen LogP contribution >= 0.6 is 11.3 Å². The van der Waals surface area contributed by atoms with Gasteiger partial charge in [0.05, 0.1) is 27.2 Å². The number of carbonyl (C=O) groups excluding carboxylic acids is 2. The van der Waals surface area contributed by atoms with Crippen molar-refractivity contribution in [3.63, 3.8) is 0 Å². The van der Waals surface area contributed by atoms with E-state index in [1.165, 1.54) is 11.3 Å². The van der Waals surface area contributed by atoms with E-state index in [0.717, 1.165) is 16.1 Å². The Morgan fingerprint density at radius 2 is 1.87 bits per heavy atom. The number of aryl methyl sites for hydroxylation is 2. The van der Waals surface area contributed by atoms with Crippen molar-refractivity contribution < 1.29 is 19.4 Å². The maximum absolute atomic E-state index is 13.5. The smallest absolute Gasteiger partial charge is 0.290 e. The second kappa shape index (κ2) is 8.93. The van der Waals surface area contributed by atoms with Gasteiger partial charge in [-0.25, -0.2) is 4.98 Å². The number of hydrogen-bond donors (Lipinski definition) is 1. The quantitative estimate of drug-likeness (QED) is 0.498. The van der Waals surface area contributed by atoms with Crippen LogP contribution in [0, 0.1) is 13.8 Å². The average molecular weight is 443 g/mol. The molecule has 0 radical (unpaired) electrons. The molecule has 0 saturated heterocycles. The van der Waals surface area contributed by atoms with Gasteiger partial charge in [0.2, 0.25) is 5.78 Å². The van der Waals surface area contributed by atoms with E-state index in [2.05, 4.69) is 25.8 Å². The van der Waals surface area contributed by atoms with Crippen molar-refractivity contribution in [2.75, 3.05) is 20.3 Å². The van der Waals surface area contributed by atoms with Crippen LogP contribution in [0.4, 0.5) is 0 Å². The number of aliphatic hydroxyl groups excluding tert-OH is 1. The number of thiazole rings is 1. The summed E-state index contributed by atoms with van der Waals surface area (Å²) in [6, 6.07) is 7.28. The van der Waals surface area contributed by atoms with E-state index in [4.69, 9.17) is 4.74 Å². The van der Waals surface area contributed by atoms with Crippen LogP contribution in [-0.4, -0.2) is 46.9 Å². The number of aliphatic hydroxyl groups is 1. The molecule has 6 nitrogen and oxygen atoms in total. The lowest BCUT2D eigenvalue weighted by Gasteiger charge is -2.27. The number of amides is 1. The number of carbonyl (C=O) groups is 2. The van der Waals surface area contributed by atoms with Gasteiger partial charge < -0.3 is 14.7 Å². The van der Waals surface area contributed by atoms with Crippen LogP contribution in [0.3, 0.4) is 0 Å². The highest BCUT2D eigenvalue weighted by Crippen LogP contribution is 2.40. The molecular weight excluding hydrogens is 412 g/mol. The number of ether oxygens (including phenoxy) is 1. The van der Waals surface area contributed by atoms with E-state index in [-0.39, 0.29) is 16.8 Å². The Morgan fingerprint density at radius 1 is 1.23 bits per heavy atom. The SMILES string of the molecule is COCCCN1C(=O)C(O)=C(C(=O)c2sc(C)nc2C)C1c1ccc(C(C)(C)C)cc1. The van der Waals surface area contributed by atoms with Crippen LogP contribution in [0.25, 0.3) is 0 Å². The number of rotatable bonds is 7. The summed E-state index contributed by atoms with van der Waals surface area (Å²) in [7, 11) is 1.61. The molecule has 0 bridgehead atoms. The third-order valence-electron chi connectivity index (χ3n) is 5.50. The minimum atomic E-state index is -0.646. The van der Waals surface area contributed by atoms with E-state index in [0.29, 0.717) is 30.1 Å². The van der Waals surface area contributed by atoms with Gasteiger partial charge in [-0.05, 0) is 36.8 Å². The summed E-state index contributed by atoms with van der Waals surface area (Å²) in [5, 5.41) is 11.5. The molecule has 166 valence electrons. The van der Waals surface area contributed by atoms with Crippen LogP contribution in [0.15, 0.2) is 35.6 Å². The van der Waals surface area contributed by atoms with Gasteiger partial charge >= 0.3 is 0 Å². The molecule has 1 aliphatic heterocycles. The van der Waals surface area contributed by atoms with Crippen LogP contribution in [0.2, 0.25) is 0 Å². The number of hydrogen-bond acceptors (Lipinski definition) is 6. The maximum atomic E-state index is 13.5. The van der Waals surface area contributed by atoms with Gasteiger partial charge in [-0.1, -0.05) is 45.0 Å². The second-order valence-corrected chi connectivity index (χ2v) is 10.1. The zero-order valence-electron chi connectivity index (χ0n) is 19.0. The summed E-state index contributed by atoms with van der Waals surface area (Å²) in [4.78, 5) is 32.8. The minimum absolute atomic E-state index is 0.0178. The lowest BCUT2D eigenvalue weighted by molar-refractivity contribution is -0.129. The maximum Gasteiger partial charge on any atom is 0.290 e. The molecule has 1 aromatic heterocycles.